The summed E-state index contributed by atoms with van der Waals surface area (Å²) < 4.78 is 8.53. The number of methoxy groups -OCH3 is 1. The molecule has 10 nitrogen and oxygen atoms in total. The van der Waals surface area contributed by atoms with Crippen molar-refractivity contribution < 1.29 is 19.4 Å². The highest BCUT2D eigenvalue weighted by molar-refractivity contribution is 6.31. The van der Waals surface area contributed by atoms with Crippen LogP contribution in [-0.2, 0) is 11.2 Å². The SMILES string of the molecule is CCCCC(C(=O)Cc1ccc(C(=O)O)cc1)n1cc(OC)c(-c2cc(Cl)ccc2-n2cnnn2)cc1=O. The van der Waals surface area contributed by atoms with Gasteiger partial charge in [-0.15, -0.1) is 5.10 Å². The molecule has 4 rings (SSSR count). The van der Waals surface area contributed by atoms with Crippen LogP contribution in [0, 0.1) is 0 Å². The number of halogens is 1. The second-order valence-corrected chi connectivity index (χ2v) is 9.16. The van der Waals surface area contributed by atoms with Crippen LogP contribution < -0.4 is 10.3 Å². The van der Waals surface area contributed by atoms with E-state index in [0.717, 1.165) is 12.8 Å². The number of pyridine rings is 1. The molecule has 0 aliphatic heterocycles. The van der Waals surface area contributed by atoms with E-state index >= 15 is 0 Å². The van der Waals surface area contributed by atoms with Crippen molar-refractivity contribution >= 4 is 23.4 Å². The predicted molar refractivity (Wildman–Crippen MR) is 141 cm³/mol. The van der Waals surface area contributed by atoms with E-state index in [4.69, 9.17) is 21.4 Å². The lowest BCUT2D eigenvalue weighted by Gasteiger charge is -2.21. The lowest BCUT2D eigenvalue weighted by molar-refractivity contribution is -0.121. The van der Waals surface area contributed by atoms with Crippen LogP contribution in [0.3, 0.4) is 0 Å². The van der Waals surface area contributed by atoms with Crippen LogP contribution in [0.5, 0.6) is 5.75 Å². The molecule has 38 heavy (non-hydrogen) atoms. The lowest BCUT2D eigenvalue weighted by atomic mass is 9.97. The van der Waals surface area contributed by atoms with Gasteiger partial charge in [-0.25, -0.2) is 4.79 Å². The van der Waals surface area contributed by atoms with Crippen molar-refractivity contribution in [2.24, 2.45) is 0 Å². The Kier molecular flexibility index (Phi) is 8.32. The Morgan fingerprint density at radius 2 is 1.87 bits per heavy atom. The number of carboxylic acid groups (broad SMARTS) is 1. The van der Waals surface area contributed by atoms with Crippen LogP contribution in [0.15, 0.2) is 65.8 Å². The van der Waals surface area contributed by atoms with E-state index in [0.29, 0.717) is 39.6 Å². The summed E-state index contributed by atoms with van der Waals surface area (Å²) in [7, 11) is 1.49. The smallest absolute Gasteiger partial charge is 0.335 e. The highest BCUT2D eigenvalue weighted by Crippen LogP contribution is 2.35. The molecule has 0 amide bonds. The second-order valence-electron chi connectivity index (χ2n) is 8.72. The normalized spacial score (nSPS) is 11.8. The minimum atomic E-state index is -1.04. The number of tetrazole rings is 1. The number of ether oxygens (including phenoxy) is 1. The fourth-order valence-electron chi connectivity index (χ4n) is 4.28. The summed E-state index contributed by atoms with van der Waals surface area (Å²) in [5, 5.41) is 20.9. The Morgan fingerprint density at radius 1 is 1.11 bits per heavy atom. The topological polar surface area (TPSA) is 129 Å². The lowest BCUT2D eigenvalue weighted by Crippen LogP contribution is -2.30. The molecule has 0 bridgehead atoms. The third-order valence-corrected chi connectivity index (χ3v) is 6.46. The van der Waals surface area contributed by atoms with Crippen molar-refractivity contribution in [2.75, 3.05) is 7.11 Å². The van der Waals surface area contributed by atoms with Crippen LogP contribution >= 0.6 is 11.6 Å². The van der Waals surface area contributed by atoms with E-state index in [9.17, 15) is 14.4 Å². The summed E-state index contributed by atoms with van der Waals surface area (Å²) in [5.41, 5.74) is 2.09. The van der Waals surface area contributed by atoms with Crippen molar-refractivity contribution in [1.29, 1.82) is 0 Å². The van der Waals surface area contributed by atoms with Crippen LogP contribution in [-0.4, -0.2) is 48.7 Å². The molecule has 1 unspecified atom stereocenters. The minimum absolute atomic E-state index is 0.0581. The molecule has 11 heteroatoms. The molecule has 0 aliphatic rings. The first-order valence-corrected chi connectivity index (χ1v) is 12.4. The Hall–Kier alpha value is -4.31. The number of rotatable bonds is 11. The van der Waals surface area contributed by atoms with E-state index in [1.54, 1.807) is 36.5 Å². The zero-order valence-corrected chi connectivity index (χ0v) is 21.6. The highest BCUT2D eigenvalue weighted by Gasteiger charge is 2.24. The number of hydrogen-bond donors (Lipinski definition) is 1. The van der Waals surface area contributed by atoms with Crippen molar-refractivity contribution in [3.63, 3.8) is 0 Å². The maximum Gasteiger partial charge on any atom is 0.335 e. The molecular weight excluding hydrogens is 510 g/mol. The number of ketones is 1. The molecule has 0 fully saturated rings. The van der Waals surface area contributed by atoms with E-state index in [1.807, 2.05) is 6.92 Å². The number of Topliss-reactive ketones (excluding diaryl/α,β-unsaturated/α-hetero) is 1. The third kappa shape index (κ3) is 5.81. The first kappa shape index (κ1) is 26.7. The summed E-state index contributed by atoms with van der Waals surface area (Å²) in [6.45, 7) is 2.01. The monoisotopic (exact) mass is 535 g/mol. The quantitative estimate of drug-likeness (QED) is 0.299. The number of carbonyl (C=O) groups excluding carboxylic acids is 1. The molecule has 0 radical (unpaired) electrons. The number of unbranched alkanes of at least 4 members (excludes halogenated alkanes) is 1. The van der Waals surface area contributed by atoms with Gasteiger partial charge in [0, 0.05) is 28.6 Å². The summed E-state index contributed by atoms with van der Waals surface area (Å²) in [6, 6.07) is 12.0. The first-order chi connectivity index (χ1) is 18.3. The number of carbonyl (C=O) groups is 2. The maximum absolute atomic E-state index is 13.5. The zero-order valence-electron chi connectivity index (χ0n) is 20.9. The summed E-state index contributed by atoms with van der Waals surface area (Å²) in [4.78, 5) is 38.0. The van der Waals surface area contributed by atoms with Gasteiger partial charge in [-0.3, -0.25) is 9.59 Å². The van der Waals surface area contributed by atoms with Crippen molar-refractivity contribution in [3.05, 3.63) is 87.6 Å². The Balaban J connectivity index is 1.74. The largest absolute Gasteiger partial charge is 0.495 e. The number of nitrogens with zero attached hydrogens (tertiary/aromatic N) is 5. The standard InChI is InChI=1S/C27H26ClN5O5/c1-3-4-5-23(24(34)12-17-6-8-18(9-7-17)27(36)37)32-15-25(38-2)21(14-26(32)35)20-13-19(28)10-11-22(20)33-16-29-30-31-33/h6-11,13-16,23H,3-5,12H2,1-2H3,(H,36,37). The van der Waals surface area contributed by atoms with Crippen molar-refractivity contribution in [2.45, 2.75) is 38.6 Å². The molecule has 1 N–H and O–H groups in total. The van der Waals surface area contributed by atoms with Crippen LogP contribution in [0.25, 0.3) is 16.8 Å². The van der Waals surface area contributed by atoms with Crippen molar-refractivity contribution in [1.82, 2.24) is 24.8 Å². The van der Waals surface area contributed by atoms with Gasteiger partial charge in [-0.2, -0.15) is 4.68 Å². The Labute approximate surface area is 223 Å². The molecule has 0 saturated heterocycles. The molecule has 2 aromatic carbocycles. The predicted octanol–water partition coefficient (Wildman–Crippen LogP) is 4.39. The number of aromatic carboxylic acids is 1. The van der Waals surface area contributed by atoms with E-state index in [-0.39, 0.29) is 23.3 Å². The number of hydrogen-bond acceptors (Lipinski definition) is 7. The zero-order chi connectivity index (χ0) is 27.2. The van der Waals surface area contributed by atoms with Crippen LogP contribution in [0.1, 0.15) is 48.1 Å². The summed E-state index contributed by atoms with van der Waals surface area (Å²) in [5.74, 6) is -0.817. The number of aromatic nitrogens is 5. The molecule has 0 saturated carbocycles. The van der Waals surface area contributed by atoms with Crippen LogP contribution in [0.4, 0.5) is 0 Å². The number of carboxylic acids is 1. The van der Waals surface area contributed by atoms with Gasteiger partial charge in [0.2, 0.25) is 0 Å². The van der Waals surface area contributed by atoms with Crippen molar-refractivity contribution in [3.8, 4) is 22.6 Å². The maximum atomic E-state index is 13.5. The van der Waals surface area contributed by atoms with Gasteiger partial charge in [0.1, 0.15) is 12.1 Å². The van der Waals surface area contributed by atoms with Gasteiger partial charge in [-0.05, 0) is 52.7 Å². The molecular formula is C27H26ClN5O5. The van der Waals surface area contributed by atoms with E-state index < -0.39 is 12.0 Å². The third-order valence-electron chi connectivity index (χ3n) is 6.23. The molecule has 2 aromatic heterocycles. The Morgan fingerprint density at radius 3 is 2.50 bits per heavy atom. The average Bonchev–Trinajstić information content (AvgIpc) is 3.44. The van der Waals surface area contributed by atoms with Gasteiger partial charge >= 0.3 is 5.97 Å². The molecule has 196 valence electrons. The van der Waals surface area contributed by atoms with Crippen LogP contribution in [0.2, 0.25) is 5.02 Å². The second kappa shape index (κ2) is 11.8. The molecule has 2 heterocycles. The van der Waals surface area contributed by atoms with E-state index in [2.05, 4.69) is 15.5 Å². The Bertz CT molecular complexity index is 1500. The fourth-order valence-corrected chi connectivity index (χ4v) is 4.45. The van der Waals surface area contributed by atoms with Gasteiger partial charge < -0.3 is 14.4 Å². The average molecular weight is 536 g/mol. The first-order valence-electron chi connectivity index (χ1n) is 12.0. The number of benzene rings is 2. The van der Waals surface area contributed by atoms with Gasteiger partial charge in [0.25, 0.3) is 5.56 Å². The summed E-state index contributed by atoms with van der Waals surface area (Å²) in [6.07, 6.45) is 5.10. The van der Waals surface area contributed by atoms with Gasteiger partial charge in [0.15, 0.2) is 5.78 Å². The molecule has 0 aliphatic carbocycles. The fraction of sp³-hybridized carbons (Fsp3) is 0.259. The van der Waals surface area contributed by atoms with Gasteiger partial charge in [-0.1, -0.05) is 43.5 Å². The van der Waals surface area contributed by atoms with Gasteiger partial charge in [0.05, 0.1) is 30.6 Å². The minimum Gasteiger partial charge on any atom is -0.495 e. The molecule has 4 aromatic rings. The molecule has 0 spiro atoms. The van der Waals surface area contributed by atoms with E-state index in [1.165, 1.54) is 40.9 Å². The highest BCUT2D eigenvalue weighted by atomic mass is 35.5. The molecule has 1 atom stereocenters. The summed E-state index contributed by atoms with van der Waals surface area (Å²) >= 11 is 6.29.